The molecule has 1 aromatic carbocycles. The van der Waals surface area contributed by atoms with Gasteiger partial charge in [0, 0.05) is 0 Å². The van der Waals surface area contributed by atoms with Gasteiger partial charge in [-0.3, -0.25) is 0 Å². The fourth-order valence-corrected chi connectivity index (χ4v) is 1.63. The van der Waals surface area contributed by atoms with Crippen LogP contribution < -0.4 is 4.74 Å². The summed E-state index contributed by atoms with van der Waals surface area (Å²) in [6, 6.07) is 8.15. The molecule has 16 heavy (non-hydrogen) atoms. The Balaban J connectivity index is 2.33. The zero-order valence-electron chi connectivity index (χ0n) is 10.3. The van der Waals surface area contributed by atoms with Crippen LogP contribution in [0, 0.1) is 5.92 Å². The van der Waals surface area contributed by atoms with E-state index in [2.05, 4.69) is 26.0 Å². The second-order valence-electron chi connectivity index (χ2n) is 4.50. The Hall–Kier alpha value is -1.02. The maximum atomic E-state index is 8.63. The number of aliphatic hydroxyl groups is 1. The lowest BCUT2D eigenvalue weighted by Gasteiger charge is -2.07. The van der Waals surface area contributed by atoms with Crippen molar-refractivity contribution in [2.24, 2.45) is 5.92 Å². The quantitative estimate of drug-likeness (QED) is 0.768. The maximum Gasteiger partial charge on any atom is 0.119 e. The van der Waals surface area contributed by atoms with Crippen LogP contribution in [0.2, 0.25) is 0 Å². The highest BCUT2D eigenvalue weighted by Gasteiger charge is 1.97. The normalized spacial score (nSPS) is 10.8. The summed E-state index contributed by atoms with van der Waals surface area (Å²) < 4.78 is 5.30. The number of hydrogen-bond acceptors (Lipinski definition) is 2. The number of aliphatic hydroxyl groups excluding tert-OH is 1. The third-order valence-corrected chi connectivity index (χ3v) is 2.53. The van der Waals surface area contributed by atoms with Gasteiger partial charge in [0.05, 0.1) is 6.61 Å². The van der Waals surface area contributed by atoms with Gasteiger partial charge < -0.3 is 9.84 Å². The van der Waals surface area contributed by atoms with Crippen molar-refractivity contribution in [1.82, 2.24) is 0 Å². The zero-order valence-corrected chi connectivity index (χ0v) is 10.3. The highest BCUT2D eigenvalue weighted by Crippen LogP contribution is 2.15. The van der Waals surface area contributed by atoms with Crippen LogP contribution in [0.15, 0.2) is 24.3 Å². The van der Waals surface area contributed by atoms with E-state index in [0.29, 0.717) is 6.61 Å². The highest BCUT2D eigenvalue weighted by atomic mass is 16.5. The summed E-state index contributed by atoms with van der Waals surface area (Å²) in [5.41, 5.74) is 1.36. The van der Waals surface area contributed by atoms with Crippen LogP contribution in [0.1, 0.15) is 32.3 Å². The van der Waals surface area contributed by atoms with E-state index in [1.54, 1.807) is 0 Å². The van der Waals surface area contributed by atoms with Gasteiger partial charge in [0.1, 0.15) is 12.4 Å². The van der Waals surface area contributed by atoms with Gasteiger partial charge in [-0.25, -0.2) is 0 Å². The molecule has 90 valence electrons. The zero-order chi connectivity index (χ0) is 11.8. The molecular weight excluding hydrogens is 200 g/mol. The van der Waals surface area contributed by atoms with Gasteiger partial charge in [0.2, 0.25) is 0 Å². The summed E-state index contributed by atoms with van der Waals surface area (Å²) >= 11 is 0. The van der Waals surface area contributed by atoms with E-state index in [1.807, 2.05) is 12.1 Å². The van der Waals surface area contributed by atoms with Crippen LogP contribution in [0.5, 0.6) is 5.75 Å². The first kappa shape index (κ1) is 13.0. The van der Waals surface area contributed by atoms with E-state index in [-0.39, 0.29) is 6.61 Å². The Morgan fingerprint density at radius 1 is 1.19 bits per heavy atom. The lowest BCUT2D eigenvalue weighted by atomic mass is 10.0. The third-order valence-electron chi connectivity index (χ3n) is 2.53. The Bertz CT molecular complexity index is 277. The van der Waals surface area contributed by atoms with Gasteiger partial charge in [-0.15, -0.1) is 0 Å². The molecule has 1 aromatic rings. The Morgan fingerprint density at radius 3 is 2.44 bits per heavy atom. The summed E-state index contributed by atoms with van der Waals surface area (Å²) in [5.74, 6) is 1.62. The molecule has 0 saturated heterocycles. The van der Waals surface area contributed by atoms with Crippen molar-refractivity contribution in [3.8, 4) is 5.75 Å². The fourth-order valence-electron chi connectivity index (χ4n) is 1.63. The molecule has 0 aliphatic carbocycles. The minimum atomic E-state index is 0.0656. The molecular formula is C14H22O2. The Morgan fingerprint density at radius 2 is 1.88 bits per heavy atom. The molecule has 0 spiro atoms. The summed E-state index contributed by atoms with van der Waals surface area (Å²) in [6.07, 6.45) is 3.66. The predicted molar refractivity (Wildman–Crippen MR) is 66.8 cm³/mol. The van der Waals surface area contributed by atoms with Crippen molar-refractivity contribution in [3.05, 3.63) is 29.8 Å². The lowest BCUT2D eigenvalue weighted by Crippen LogP contribution is -2.01. The Labute approximate surface area is 98.3 Å². The number of rotatable bonds is 7. The van der Waals surface area contributed by atoms with Crippen molar-refractivity contribution in [1.29, 1.82) is 0 Å². The van der Waals surface area contributed by atoms with E-state index < -0.39 is 0 Å². The van der Waals surface area contributed by atoms with Crippen LogP contribution in [0.25, 0.3) is 0 Å². The second-order valence-corrected chi connectivity index (χ2v) is 4.50. The monoisotopic (exact) mass is 222 g/mol. The number of hydrogen-bond donors (Lipinski definition) is 1. The third kappa shape index (κ3) is 5.17. The molecule has 1 N–H and O–H groups in total. The standard InChI is InChI=1S/C14H22O2/c1-12(2)4-3-5-13-6-8-14(9-7-13)16-11-10-15/h6-9,12,15H,3-5,10-11H2,1-2H3. The predicted octanol–water partition coefficient (Wildman–Crippen LogP) is 3.04. The van der Waals surface area contributed by atoms with Gasteiger partial charge in [-0.05, 0) is 36.5 Å². The molecule has 0 aliphatic heterocycles. The van der Waals surface area contributed by atoms with Crippen molar-refractivity contribution >= 4 is 0 Å². The average Bonchev–Trinajstić information content (AvgIpc) is 2.27. The summed E-state index contributed by atoms with van der Waals surface area (Å²) in [6.45, 7) is 4.94. The van der Waals surface area contributed by atoms with Crippen molar-refractivity contribution in [2.45, 2.75) is 33.1 Å². The molecule has 0 atom stereocenters. The molecule has 0 saturated carbocycles. The largest absolute Gasteiger partial charge is 0.491 e. The van der Waals surface area contributed by atoms with Crippen molar-refractivity contribution in [3.63, 3.8) is 0 Å². The fraction of sp³-hybridized carbons (Fsp3) is 0.571. The van der Waals surface area contributed by atoms with Gasteiger partial charge >= 0.3 is 0 Å². The molecule has 0 unspecified atom stereocenters. The van der Waals surface area contributed by atoms with Crippen LogP contribution in [-0.2, 0) is 6.42 Å². The number of aryl methyl sites for hydroxylation is 1. The molecule has 2 nitrogen and oxygen atoms in total. The molecule has 0 bridgehead atoms. The first-order valence-electron chi connectivity index (χ1n) is 6.05. The minimum Gasteiger partial charge on any atom is -0.491 e. The van der Waals surface area contributed by atoms with Crippen LogP contribution >= 0.6 is 0 Å². The maximum absolute atomic E-state index is 8.63. The summed E-state index contributed by atoms with van der Waals surface area (Å²) in [5, 5.41) is 8.63. The average molecular weight is 222 g/mol. The first-order chi connectivity index (χ1) is 7.72. The Kier molecular flexibility index (Phi) is 5.94. The molecule has 1 rings (SSSR count). The number of benzene rings is 1. The van der Waals surface area contributed by atoms with E-state index in [0.717, 1.165) is 18.1 Å². The van der Waals surface area contributed by atoms with E-state index in [4.69, 9.17) is 9.84 Å². The van der Waals surface area contributed by atoms with Crippen LogP contribution in [-0.4, -0.2) is 18.3 Å². The molecule has 2 heteroatoms. The smallest absolute Gasteiger partial charge is 0.119 e. The van der Waals surface area contributed by atoms with Gasteiger partial charge in [0.15, 0.2) is 0 Å². The molecule has 0 amide bonds. The SMILES string of the molecule is CC(C)CCCc1ccc(OCCO)cc1. The lowest BCUT2D eigenvalue weighted by molar-refractivity contribution is 0.201. The summed E-state index contributed by atoms with van der Waals surface area (Å²) in [7, 11) is 0. The van der Waals surface area contributed by atoms with Gasteiger partial charge in [-0.2, -0.15) is 0 Å². The molecule has 0 radical (unpaired) electrons. The van der Waals surface area contributed by atoms with Crippen molar-refractivity contribution < 1.29 is 9.84 Å². The van der Waals surface area contributed by atoms with Crippen molar-refractivity contribution in [2.75, 3.05) is 13.2 Å². The topological polar surface area (TPSA) is 29.5 Å². The molecule has 0 heterocycles. The molecule has 0 aromatic heterocycles. The second kappa shape index (κ2) is 7.29. The summed E-state index contributed by atoms with van der Waals surface area (Å²) in [4.78, 5) is 0. The van der Waals surface area contributed by atoms with E-state index in [9.17, 15) is 0 Å². The van der Waals surface area contributed by atoms with E-state index in [1.165, 1.54) is 18.4 Å². The first-order valence-corrected chi connectivity index (χ1v) is 6.05. The minimum absolute atomic E-state index is 0.0656. The van der Waals surface area contributed by atoms with Crippen LogP contribution in [0.3, 0.4) is 0 Å². The molecule has 0 fully saturated rings. The van der Waals surface area contributed by atoms with E-state index >= 15 is 0 Å². The highest BCUT2D eigenvalue weighted by molar-refractivity contribution is 5.27. The molecule has 0 aliphatic rings. The van der Waals surface area contributed by atoms with Gasteiger partial charge in [-0.1, -0.05) is 32.4 Å². The number of ether oxygens (including phenoxy) is 1. The van der Waals surface area contributed by atoms with Crippen LogP contribution in [0.4, 0.5) is 0 Å². The van der Waals surface area contributed by atoms with Gasteiger partial charge in [0.25, 0.3) is 0 Å².